The van der Waals surface area contributed by atoms with Crippen molar-refractivity contribution in [2.75, 3.05) is 0 Å². The van der Waals surface area contributed by atoms with E-state index in [1.165, 1.54) is 16.2 Å². The molecule has 0 N–H and O–H groups in total. The highest BCUT2D eigenvalue weighted by molar-refractivity contribution is 7.11. The monoisotopic (exact) mass is 220 g/mol. The highest BCUT2D eigenvalue weighted by Gasteiger charge is 2.01. The van der Waals surface area contributed by atoms with Gasteiger partial charge in [0.1, 0.15) is 0 Å². The maximum absolute atomic E-state index is 2.30. The van der Waals surface area contributed by atoms with Crippen LogP contribution in [0.1, 0.15) is 42.9 Å². The smallest absolute Gasteiger partial charge is 0.00758 e. The molecular weight excluding hydrogens is 200 g/mol. The molecule has 0 fully saturated rings. The van der Waals surface area contributed by atoms with E-state index in [1.807, 2.05) is 11.3 Å². The predicted octanol–water partition coefficient (Wildman–Crippen LogP) is 4.95. The first-order valence-electron chi connectivity index (χ1n) is 5.69. The first-order valence-corrected chi connectivity index (χ1v) is 6.51. The van der Waals surface area contributed by atoms with Gasteiger partial charge < -0.3 is 0 Å². The molecule has 0 aliphatic heterocycles. The quantitative estimate of drug-likeness (QED) is 0.676. The maximum atomic E-state index is 2.30. The Morgan fingerprint density at radius 3 is 2.33 bits per heavy atom. The number of hydrogen-bond acceptors (Lipinski definition) is 1. The van der Waals surface area contributed by atoms with Crippen LogP contribution in [0.3, 0.4) is 0 Å². The van der Waals surface area contributed by atoms with Crippen LogP contribution in [-0.4, -0.2) is 0 Å². The Kier molecular flexibility index (Phi) is 5.41. The third-order valence-corrected chi connectivity index (χ3v) is 4.03. The zero-order valence-electron chi connectivity index (χ0n) is 9.86. The summed E-state index contributed by atoms with van der Waals surface area (Å²) in [6.07, 6.45) is 2.32. The molecule has 1 rings (SSSR count). The Morgan fingerprint density at radius 2 is 1.73 bits per heavy atom. The zero-order valence-corrected chi connectivity index (χ0v) is 10.7. The van der Waals surface area contributed by atoms with Crippen LogP contribution in [0.5, 0.6) is 0 Å². The highest BCUT2D eigenvalue weighted by Crippen LogP contribution is 2.23. The van der Waals surface area contributed by atoms with Gasteiger partial charge in [-0.25, -0.2) is 0 Å². The molecule has 0 nitrogen and oxygen atoms in total. The molecular formula is C14H20S. The van der Waals surface area contributed by atoms with Gasteiger partial charge >= 0.3 is 0 Å². The van der Waals surface area contributed by atoms with Gasteiger partial charge in [-0.2, -0.15) is 0 Å². The summed E-state index contributed by atoms with van der Waals surface area (Å²) in [6, 6.07) is 12.9. The van der Waals surface area contributed by atoms with Crippen molar-refractivity contribution in [2.24, 2.45) is 0 Å². The van der Waals surface area contributed by atoms with Crippen molar-refractivity contribution in [3.05, 3.63) is 46.2 Å². The van der Waals surface area contributed by atoms with E-state index in [0.29, 0.717) is 5.92 Å². The molecule has 0 radical (unpaired) electrons. The molecule has 0 amide bonds. The summed E-state index contributed by atoms with van der Waals surface area (Å²) in [5.41, 5.74) is 0. The van der Waals surface area contributed by atoms with Gasteiger partial charge in [-0.1, -0.05) is 45.0 Å². The number of aryl methyl sites for hydroxylation is 1. The minimum absolute atomic E-state index is 0.660. The van der Waals surface area contributed by atoms with Crippen molar-refractivity contribution in [3.8, 4) is 0 Å². The van der Waals surface area contributed by atoms with Crippen LogP contribution in [0.15, 0.2) is 36.4 Å². The van der Waals surface area contributed by atoms with Crippen LogP contribution in [0.2, 0.25) is 0 Å². The van der Waals surface area contributed by atoms with Crippen molar-refractivity contribution in [1.29, 1.82) is 0 Å². The van der Waals surface area contributed by atoms with E-state index in [4.69, 9.17) is 0 Å². The molecule has 82 valence electrons. The molecule has 0 saturated carbocycles. The Labute approximate surface area is 97.3 Å². The minimum Gasteiger partial charge on any atom is -0.145 e. The van der Waals surface area contributed by atoms with Crippen LogP contribution in [0.25, 0.3) is 0 Å². The summed E-state index contributed by atoms with van der Waals surface area (Å²) in [5.74, 6) is 0.660. The lowest BCUT2D eigenvalue weighted by Gasteiger charge is -2.06. The molecule has 0 spiro atoms. The standard InChI is InChI=1S/C14H20S/c1-4-12(3)14-11-9-7-6-8-10-13(5-2)15-14/h6-12H,4-5H2,1-3H3. The second-order valence-electron chi connectivity index (χ2n) is 3.74. The van der Waals surface area contributed by atoms with Gasteiger partial charge in [0.05, 0.1) is 0 Å². The molecule has 1 heterocycles. The Bertz CT molecular complexity index is 337. The van der Waals surface area contributed by atoms with Crippen molar-refractivity contribution in [3.63, 3.8) is 0 Å². The predicted molar refractivity (Wildman–Crippen MR) is 70.0 cm³/mol. The molecule has 0 aromatic carbocycles. The lowest BCUT2D eigenvalue weighted by Crippen LogP contribution is -1.87. The second-order valence-corrected chi connectivity index (χ2v) is 4.94. The van der Waals surface area contributed by atoms with Crippen LogP contribution in [0, 0.1) is 0 Å². The lowest BCUT2D eigenvalue weighted by molar-refractivity contribution is 0.747. The topological polar surface area (TPSA) is 0 Å². The van der Waals surface area contributed by atoms with Crippen molar-refractivity contribution >= 4 is 11.3 Å². The molecule has 1 aromatic rings. The number of hydrogen-bond donors (Lipinski definition) is 0. The molecule has 0 bridgehead atoms. The van der Waals surface area contributed by atoms with Gasteiger partial charge in [-0.3, -0.25) is 0 Å². The molecule has 1 atom stereocenters. The number of rotatable bonds is 3. The molecule has 1 aromatic heterocycles. The average Bonchev–Trinajstić information content (AvgIpc) is 2.39. The van der Waals surface area contributed by atoms with Gasteiger partial charge in [0.15, 0.2) is 0 Å². The van der Waals surface area contributed by atoms with Crippen LogP contribution in [0.4, 0.5) is 0 Å². The fraction of sp³-hybridized carbons (Fsp3) is 0.429. The third kappa shape index (κ3) is 4.05. The van der Waals surface area contributed by atoms with E-state index in [2.05, 4.69) is 57.2 Å². The fourth-order valence-corrected chi connectivity index (χ4v) is 2.43. The van der Waals surface area contributed by atoms with Crippen LogP contribution < -0.4 is 0 Å². The van der Waals surface area contributed by atoms with E-state index in [1.54, 1.807) is 0 Å². The SMILES string of the molecule is CCc1ccccccc(C(C)CC)s1. The second kappa shape index (κ2) is 6.62. The first-order chi connectivity index (χ1) is 7.27. The fourth-order valence-electron chi connectivity index (χ4n) is 1.32. The van der Waals surface area contributed by atoms with E-state index in [9.17, 15) is 0 Å². The summed E-state index contributed by atoms with van der Waals surface area (Å²) in [6.45, 7) is 6.76. The Morgan fingerprint density at radius 1 is 1.07 bits per heavy atom. The Balaban J connectivity index is 3.21. The summed E-state index contributed by atoms with van der Waals surface area (Å²) >= 11 is 1.93. The largest absolute Gasteiger partial charge is 0.145 e. The molecule has 1 unspecified atom stereocenters. The van der Waals surface area contributed by atoms with Gasteiger partial charge in [-0.15, -0.1) is 11.3 Å². The maximum Gasteiger partial charge on any atom is 0.00758 e. The summed E-state index contributed by atoms with van der Waals surface area (Å²) in [5, 5.41) is 0. The molecule has 1 heteroatoms. The van der Waals surface area contributed by atoms with Crippen LogP contribution in [-0.2, 0) is 6.42 Å². The van der Waals surface area contributed by atoms with E-state index >= 15 is 0 Å². The van der Waals surface area contributed by atoms with Crippen molar-refractivity contribution in [1.82, 2.24) is 0 Å². The molecule has 0 aliphatic carbocycles. The summed E-state index contributed by atoms with van der Waals surface area (Å²) < 4.78 is 0. The van der Waals surface area contributed by atoms with E-state index in [-0.39, 0.29) is 0 Å². The normalized spacial score (nSPS) is 11.9. The molecule has 15 heavy (non-hydrogen) atoms. The Hall–Kier alpha value is -0.820. The van der Waals surface area contributed by atoms with Gasteiger partial charge in [0.25, 0.3) is 0 Å². The lowest BCUT2D eigenvalue weighted by atomic mass is 10.1. The first kappa shape index (κ1) is 12.3. The van der Waals surface area contributed by atoms with E-state index < -0.39 is 0 Å². The molecule has 0 saturated heterocycles. The van der Waals surface area contributed by atoms with Gasteiger partial charge in [-0.05, 0) is 30.9 Å². The summed E-state index contributed by atoms with van der Waals surface area (Å²) in [4.78, 5) is 2.92. The van der Waals surface area contributed by atoms with Crippen molar-refractivity contribution < 1.29 is 0 Å². The van der Waals surface area contributed by atoms with Gasteiger partial charge in [0, 0.05) is 9.75 Å². The van der Waals surface area contributed by atoms with Crippen LogP contribution >= 0.6 is 11.3 Å². The summed E-state index contributed by atoms with van der Waals surface area (Å²) in [7, 11) is 0. The highest BCUT2D eigenvalue weighted by atomic mass is 32.1. The third-order valence-electron chi connectivity index (χ3n) is 2.57. The van der Waals surface area contributed by atoms with Crippen molar-refractivity contribution in [2.45, 2.75) is 39.5 Å². The molecule has 0 aliphatic rings. The zero-order chi connectivity index (χ0) is 11.1. The van der Waals surface area contributed by atoms with Gasteiger partial charge in [0.2, 0.25) is 0 Å². The average molecular weight is 220 g/mol. The minimum atomic E-state index is 0.660. The van der Waals surface area contributed by atoms with E-state index in [0.717, 1.165) is 6.42 Å².